The zero-order valence-electron chi connectivity index (χ0n) is 41.8. The van der Waals surface area contributed by atoms with E-state index in [0.29, 0.717) is 0 Å². The van der Waals surface area contributed by atoms with Crippen LogP contribution in [-0.4, -0.2) is 0 Å². The van der Waals surface area contributed by atoms with E-state index in [-0.39, 0.29) is 17.0 Å². The number of benzene rings is 11. The van der Waals surface area contributed by atoms with Crippen molar-refractivity contribution in [3.63, 3.8) is 0 Å². The van der Waals surface area contributed by atoms with E-state index in [0.717, 1.165) is 93.1 Å². The van der Waals surface area contributed by atoms with Gasteiger partial charge in [0.15, 0.2) is 0 Å². The van der Waals surface area contributed by atoms with E-state index in [4.69, 9.17) is 4.42 Å². The molecule has 14 aromatic rings. The molecule has 11 aromatic carbocycles. The van der Waals surface area contributed by atoms with Crippen molar-refractivity contribution in [2.45, 2.75) is 24.7 Å². The van der Waals surface area contributed by atoms with E-state index in [1.807, 2.05) is 30.3 Å². The lowest BCUT2D eigenvalue weighted by atomic mass is 9.55. The second-order valence-electron chi connectivity index (χ2n) is 20.9. The number of halogens is 2. The highest BCUT2D eigenvalue weighted by atomic mass is 32.1. The number of nitrogens with zero attached hydrogens (tertiary/aromatic N) is 2. The van der Waals surface area contributed by atoms with Gasteiger partial charge in [0.25, 0.3) is 0 Å². The zero-order valence-corrected chi connectivity index (χ0v) is 43.4. The smallest absolute Gasteiger partial charge is 0.145 e. The highest BCUT2D eigenvalue weighted by Gasteiger charge is 2.55. The number of hydrogen-bond acceptors (Lipinski definition) is 5. The molecule has 3 nitrogen and oxygen atoms in total. The van der Waals surface area contributed by atoms with E-state index in [1.165, 1.54) is 47.8 Å². The van der Waals surface area contributed by atoms with Crippen LogP contribution in [0.1, 0.15) is 47.2 Å². The molecule has 0 radical (unpaired) electrons. The standard InChI is InChI=1S/C70H44F2N2OS2/c1-69(2)52-20-6-8-22-54(52)70(55-23-9-7-21-53(55)69)56-39-45(73(43-33-29-41(71)30-34-43)58-24-13-18-48-46-15-4-11-27-62(46)76-67(48)58)37-38-50(56)64-57(70)40-60(65-51-17-3-10-26-61(51)75-66(64)65)74(44-35-31-42(72)32-36-44)59-25-14-19-49-47-16-5-12-28-63(47)77-68(49)59/h3-40H,1-2H3. The van der Waals surface area contributed by atoms with E-state index in [1.54, 1.807) is 46.9 Å². The van der Waals surface area contributed by atoms with Crippen molar-refractivity contribution in [2.75, 3.05) is 9.80 Å². The number of furan rings is 1. The molecular weight excluding hydrogens is 987 g/mol. The van der Waals surface area contributed by atoms with Crippen LogP contribution in [0.3, 0.4) is 0 Å². The summed E-state index contributed by atoms with van der Waals surface area (Å²) in [4.78, 5) is 4.65. The molecule has 0 fully saturated rings. The summed E-state index contributed by atoms with van der Waals surface area (Å²) in [7, 11) is 0. The lowest BCUT2D eigenvalue weighted by Crippen LogP contribution is -2.40. The third kappa shape index (κ3) is 6.15. The molecular formula is C70H44F2N2OS2. The molecule has 7 heteroatoms. The van der Waals surface area contributed by atoms with Gasteiger partial charge in [-0.1, -0.05) is 147 Å². The van der Waals surface area contributed by atoms with Gasteiger partial charge in [0, 0.05) is 64.4 Å². The fourth-order valence-corrected chi connectivity index (χ4v) is 15.8. The first kappa shape index (κ1) is 44.4. The van der Waals surface area contributed by atoms with E-state index in [9.17, 15) is 0 Å². The fraction of sp³-hybridized carbons (Fsp3) is 0.0571. The van der Waals surface area contributed by atoms with Gasteiger partial charge in [0.1, 0.15) is 22.8 Å². The van der Waals surface area contributed by atoms with Crippen LogP contribution < -0.4 is 9.80 Å². The van der Waals surface area contributed by atoms with E-state index >= 15 is 8.78 Å². The number of anilines is 6. The SMILES string of the molecule is CC1(C)c2ccccc2C2(c3cc(N(c4ccc(F)cc4)c4cccc5c4sc4ccccc45)ccc3-c3c2cc(N(c2ccc(F)cc2)c2cccc4c2sc2ccccc24)c2c3oc3ccccc32)c2ccccc21. The first-order valence-electron chi connectivity index (χ1n) is 26.0. The van der Waals surface area contributed by atoms with Gasteiger partial charge >= 0.3 is 0 Å². The highest BCUT2D eigenvalue weighted by molar-refractivity contribution is 7.26. The summed E-state index contributed by atoms with van der Waals surface area (Å²) in [6.07, 6.45) is 0. The lowest BCUT2D eigenvalue weighted by molar-refractivity contribution is 0.563. The Morgan fingerprint density at radius 2 is 0.870 bits per heavy atom. The zero-order chi connectivity index (χ0) is 51.3. The number of thiophene rings is 2. The molecule has 0 bridgehead atoms. The molecule has 2 aliphatic rings. The fourth-order valence-electron chi connectivity index (χ4n) is 13.4. The van der Waals surface area contributed by atoms with Crippen molar-refractivity contribution in [1.82, 2.24) is 0 Å². The largest absolute Gasteiger partial charge is 0.455 e. The minimum atomic E-state index is -0.887. The lowest BCUT2D eigenvalue weighted by Gasteiger charge is -2.47. The minimum Gasteiger partial charge on any atom is -0.455 e. The van der Waals surface area contributed by atoms with Crippen LogP contribution >= 0.6 is 22.7 Å². The second-order valence-corrected chi connectivity index (χ2v) is 23.0. The van der Waals surface area contributed by atoms with Crippen molar-refractivity contribution in [3.8, 4) is 11.1 Å². The van der Waals surface area contributed by atoms with Crippen LogP contribution in [0.15, 0.2) is 235 Å². The number of fused-ring (bicyclic) bond motifs is 19. The van der Waals surface area contributed by atoms with Gasteiger partial charge in [-0.05, 0) is 136 Å². The van der Waals surface area contributed by atoms with Crippen molar-refractivity contribution in [2.24, 2.45) is 0 Å². The number of rotatable bonds is 6. The normalized spacial score (nSPS) is 13.9. The Hall–Kier alpha value is -8.88. The van der Waals surface area contributed by atoms with Gasteiger partial charge in [-0.2, -0.15) is 0 Å². The van der Waals surface area contributed by atoms with E-state index < -0.39 is 5.41 Å². The molecule has 366 valence electrons. The van der Waals surface area contributed by atoms with Crippen LogP contribution in [0.25, 0.3) is 73.4 Å². The summed E-state index contributed by atoms with van der Waals surface area (Å²) >= 11 is 3.56. The minimum absolute atomic E-state index is 0.293. The van der Waals surface area contributed by atoms with Crippen LogP contribution in [0.4, 0.5) is 42.9 Å². The Kier molecular flexibility index (Phi) is 9.41. The molecule has 0 amide bonds. The van der Waals surface area contributed by atoms with E-state index in [2.05, 4.69) is 200 Å². The van der Waals surface area contributed by atoms with Gasteiger partial charge in [-0.15, -0.1) is 22.7 Å². The molecule has 0 aliphatic heterocycles. The van der Waals surface area contributed by atoms with Crippen molar-refractivity contribution in [1.29, 1.82) is 0 Å². The van der Waals surface area contributed by atoms with Crippen molar-refractivity contribution >= 4 is 119 Å². The Bertz CT molecular complexity index is 4730. The monoisotopic (exact) mass is 1030 g/mol. The predicted octanol–water partition coefficient (Wildman–Crippen LogP) is 20.5. The third-order valence-electron chi connectivity index (χ3n) is 16.6. The molecule has 0 saturated heterocycles. The van der Waals surface area contributed by atoms with Gasteiger partial charge in [0.2, 0.25) is 0 Å². The molecule has 0 N–H and O–H groups in total. The van der Waals surface area contributed by atoms with Gasteiger partial charge in [0.05, 0.1) is 37.3 Å². The van der Waals surface area contributed by atoms with Crippen LogP contribution in [0, 0.1) is 11.6 Å². The summed E-state index contributed by atoms with van der Waals surface area (Å²) in [5.74, 6) is -0.595. The summed E-state index contributed by atoms with van der Waals surface area (Å²) in [6.45, 7) is 4.70. The predicted molar refractivity (Wildman–Crippen MR) is 318 cm³/mol. The second kappa shape index (κ2) is 16.3. The molecule has 3 aromatic heterocycles. The van der Waals surface area contributed by atoms with Crippen molar-refractivity contribution in [3.05, 3.63) is 276 Å². The molecule has 0 unspecified atom stereocenters. The third-order valence-corrected chi connectivity index (χ3v) is 19.1. The topological polar surface area (TPSA) is 19.6 Å². The summed E-state index contributed by atoms with van der Waals surface area (Å²) < 4.78 is 42.4. The maximum absolute atomic E-state index is 15.3. The molecule has 0 saturated carbocycles. The highest BCUT2D eigenvalue weighted by Crippen LogP contribution is 2.66. The van der Waals surface area contributed by atoms with Crippen LogP contribution in [-0.2, 0) is 10.8 Å². The first-order valence-corrected chi connectivity index (χ1v) is 27.7. The summed E-state index contributed by atoms with van der Waals surface area (Å²) in [5, 5.41) is 6.70. The maximum Gasteiger partial charge on any atom is 0.145 e. The number of hydrogen-bond donors (Lipinski definition) is 0. The molecule has 77 heavy (non-hydrogen) atoms. The summed E-state index contributed by atoms with van der Waals surface area (Å²) in [5.41, 5.74) is 15.0. The Balaban J connectivity index is 1.06. The van der Waals surface area contributed by atoms with Crippen LogP contribution in [0.2, 0.25) is 0 Å². The molecule has 0 atom stereocenters. The molecule has 1 spiro atoms. The molecule has 2 aliphatic carbocycles. The van der Waals surface area contributed by atoms with Gasteiger partial charge < -0.3 is 14.2 Å². The Morgan fingerprint density at radius 3 is 1.47 bits per heavy atom. The number of para-hydroxylation sites is 1. The maximum atomic E-state index is 15.3. The average Bonchev–Trinajstić information content (AvgIpc) is 2.88. The summed E-state index contributed by atoms with van der Waals surface area (Å²) in [6, 6.07) is 79.9. The van der Waals surface area contributed by atoms with Gasteiger partial charge in [-0.25, -0.2) is 8.78 Å². The van der Waals surface area contributed by atoms with Crippen LogP contribution in [0.5, 0.6) is 0 Å². The molecule has 3 heterocycles. The quantitative estimate of drug-likeness (QED) is 0.165. The van der Waals surface area contributed by atoms with Crippen molar-refractivity contribution < 1.29 is 13.2 Å². The first-order chi connectivity index (χ1) is 37.8. The Labute approximate surface area is 450 Å². The van der Waals surface area contributed by atoms with Gasteiger partial charge in [-0.3, -0.25) is 0 Å². The molecule has 16 rings (SSSR count). The Morgan fingerprint density at radius 1 is 0.390 bits per heavy atom. The average molecular weight is 1030 g/mol.